The lowest BCUT2D eigenvalue weighted by molar-refractivity contribution is -0.119. The zero-order valence-electron chi connectivity index (χ0n) is 14.7. The fourth-order valence-corrected chi connectivity index (χ4v) is 3.93. The van der Waals surface area contributed by atoms with Crippen LogP contribution in [-0.4, -0.2) is 30.3 Å². The number of primary amides is 2. The Morgan fingerprint density at radius 1 is 1.00 bits per heavy atom. The Balaban J connectivity index is 1.69. The molecule has 0 aliphatic heterocycles. The summed E-state index contributed by atoms with van der Waals surface area (Å²) in [4.78, 5) is 47.3. The van der Waals surface area contributed by atoms with Crippen molar-refractivity contribution < 1.29 is 23.9 Å². The summed E-state index contributed by atoms with van der Waals surface area (Å²) < 4.78 is 5.84. The van der Waals surface area contributed by atoms with E-state index in [1.165, 1.54) is 18.2 Å². The summed E-state index contributed by atoms with van der Waals surface area (Å²) in [6, 6.07) is 11.0. The first-order chi connectivity index (χ1) is 13.8. The minimum absolute atomic E-state index is 0.00866. The van der Waals surface area contributed by atoms with Gasteiger partial charge in [0.05, 0.1) is 5.02 Å². The third-order valence-corrected chi connectivity index (χ3v) is 5.50. The van der Waals surface area contributed by atoms with E-state index >= 15 is 0 Å². The Morgan fingerprint density at radius 3 is 2.21 bits per heavy atom. The van der Waals surface area contributed by atoms with Crippen molar-refractivity contribution in [3.05, 3.63) is 63.5 Å². The van der Waals surface area contributed by atoms with E-state index in [2.05, 4.69) is 5.32 Å². The lowest BCUT2D eigenvalue weighted by atomic mass is 10.1. The second-order valence-corrected chi connectivity index (χ2v) is 7.32. The number of ether oxygens (including phenoxy) is 1. The molecule has 0 saturated heterocycles. The number of carbonyl (C=O) groups is 4. The van der Waals surface area contributed by atoms with Crippen molar-refractivity contribution in [3.63, 3.8) is 0 Å². The molecule has 0 spiro atoms. The Hall–Kier alpha value is -3.43. The van der Waals surface area contributed by atoms with Gasteiger partial charge in [0, 0.05) is 26.9 Å². The van der Waals surface area contributed by atoms with Crippen LogP contribution in [0.5, 0.6) is 0 Å². The van der Waals surface area contributed by atoms with Crippen molar-refractivity contribution in [2.75, 3.05) is 11.9 Å². The molecule has 0 aliphatic rings. The minimum Gasteiger partial charge on any atom is -0.451 e. The number of anilines is 1. The molecule has 1 aromatic heterocycles. The normalized spacial score (nSPS) is 10.5. The van der Waals surface area contributed by atoms with Gasteiger partial charge < -0.3 is 21.5 Å². The molecule has 3 amide bonds. The molecule has 5 N–H and O–H groups in total. The largest absolute Gasteiger partial charge is 0.451 e. The predicted octanol–water partition coefficient (Wildman–Crippen LogP) is 2.55. The number of hydrogen-bond donors (Lipinski definition) is 3. The number of thiophene rings is 1. The Bertz CT molecular complexity index is 1130. The Morgan fingerprint density at radius 2 is 1.62 bits per heavy atom. The van der Waals surface area contributed by atoms with Gasteiger partial charge in [0.2, 0.25) is 11.8 Å². The third kappa shape index (κ3) is 4.53. The number of fused-ring (bicyclic) bond motifs is 1. The van der Waals surface area contributed by atoms with Crippen LogP contribution < -0.4 is 16.8 Å². The number of amides is 3. The Labute approximate surface area is 173 Å². The van der Waals surface area contributed by atoms with Gasteiger partial charge in [0.15, 0.2) is 6.61 Å². The zero-order valence-corrected chi connectivity index (χ0v) is 16.3. The maximum atomic E-state index is 12.3. The van der Waals surface area contributed by atoms with Crippen molar-refractivity contribution in [3.8, 4) is 0 Å². The number of nitrogens with one attached hydrogen (secondary N) is 1. The van der Waals surface area contributed by atoms with Crippen molar-refractivity contribution in [2.45, 2.75) is 0 Å². The second kappa shape index (κ2) is 8.29. The molecule has 0 fully saturated rings. The molecule has 148 valence electrons. The highest BCUT2D eigenvalue weighted by Crippen LogP contribution is 2.35. The average molecular weight is 432 g/mol. The highest BCUT2D eigenvalue weighted by molar-refractivity contribution is 7.21. The molecule has 0 aliphatic carbocycles. The minimum atomic E-state index is -0.797. The van der Waals surface area contributed by atoms with Gasteiger partial charge in [-0.1, -0.05) is 29.8 Å². The SMILES string of the molecule is NC(=O)c1cc(NC(=O)COC(=O)c2sc3ccccc3c2Cl)cc(C(N)=O)c1. The van der Waals surface area contributed by atoms with E-state index in [9.17, 15) is 19.2 Å². The molecular formula is C19H14ClN3O5S. The molecule has 3 rings (SSSR count). The summed E-state index contributed by atoms with van der Waals surface area (Å²) in [7, 11) is 0. The summed E-state index contributed by atoms with van der Waals surface area (Å²) in [6.07, 6.45) is 0. The first kappa shape index (κ1) is 20.3. The molecule has 1 heterocycles. The standard InChI is InChI=1S/C19H14ClN3O5S/c20-15-12-3-1-2-4-13(12)29-16(15)19(27)28-8-14(24)23-11-6-9(17(21)25)5-10(7-11)18(22)26/h1-7H,8H2,(H2,21,25)(H2,22,26)(H,23,24). The molecule has 3 aromatic rings. The molecule has 10 heteroatoms. The second-order valence-electron chi connectivity index (χ2n) is 5.89. The topological polar surface area (TPSA) is 142 Å². The van der Waals surface area contributed by atoms with Crippen LogP contribution in [-0.2, 0) is 9.53 Å². The lowest BCUT2D eigenvalue weighted by Crippen LogP contribution is -2.22. The smallest absolute Gasteiger partial charge is 0.350 e. The van der Waals surface area contributed by atoms with Crippen molar-refractivity contribution in [1.29, 1.82) is 0 Å². The maximum Gasteiger partial charge on any atom is 0.350 e. The molecule has 0 saturated carbocycles. The first-order valence-electron chi connectivity index (χ1n) is 8.15. The van der Waals surface area contributed by atoms with Gasteiger partial charge in [0.1, 0.15) is 4.88 Å². The first-order valence-corrected chi connectivity index (χ1v) is 9.34. The number of hydrogen-bond acceptors (Lipinski definition) is 6. The molecule has 2 aromatic carbocycles. The quantitative estimate of drug-likeness (QED) is 0.514. The van der Waals surface area contributed by atoms with Gasteiger partial charge in [-0.2, -0.15) is 0 Å². The highest BCUT2D eigenvalue weighted by atomic mass is 35.5. The molecule has 0 unspecified atom stereocenters. The van der Waals surface area contributed by atoms with Crippen LogP contribution in [0.1, 0.15) is 30.4 Å². The van der Waals surface area contributed by atoms with Crippen molar-refractivity contribution in [1.82, 2.24) is 0 Å². The number of benzene rings is 2. The fourth-order valence-electron chi connectivity index (χ4n) is 2.52. The van der Waals surface area contributed by atoms with Gasteiger partial charge in [-0.05, 0) is 24.3 Å². The van der Waals surface area contributed by atoms with Crippen molar-refractivity contribution >= 4 is 62.4 Å². The number of halogens is 1. The van der Waals surface area contributed by atoms with Crippen LogP contribution in [0.2, 0.25) is 5.02 Å². The number of nitrogens with two attached hydrogens (primary N) is 2. The van der Waals surface area contributed by atoms with Crippen LogP contribution >= 0.6 is 22.9 Å². The van der Waals surface area contributed by atoms with Gasteiger partial charge in [-0.3, -0.25) is 14.4 Å². The number of esters is 1. The number of carbonyl (C=O) groups excluding carboxylic acids is 4. The summed E-state index contributed by atoms with van der Waals surface area (Å²) in [5.41, 5.74) is 10.5. The van der Waals surface area contributed by atoms with E-state index in [4.69, 9.17) is 27.8 Å². The highest BCUT2D eigenvalue weighted by Gasteiger charge is 2.19. The van der Waals surface area contributed by atoms with Gasteiger partial charge in [-0.15, -0.1) is 11.3 Å². The summed E-state index contributed by atoms with van der Waals surface area (Å²) >= 11 is 7.37. The van der Waals surface area contributed by atoms with Gasteiger partial charge >= 0.3 is 5.97 Å². The van der Waals surface area contributed by atoms with Crippen LogP contribution in [0.25, 0.3) is 10.1 Å². The van der Waals surface area contributed by atoms with E-state index < -0.39 is 30.3 Å². The summed E-state index contributed by atoms with van der Waals surface area (Å²) in [6.45, 7) is -0.601. The van der Waals surface area contributed by atoms with Crippen LogP contribution in [0.3, 0.4) is 0 Å². The molecular weight excluding hydrogens is 418 g/mol. The number of rotatable bonds is 6. The third-order valence-electron chi connectivity index (χ3n) is 3.84. The monoisotopic (exact) mass is 431 g/mol. The molecule has 29 heavy (non-hydrogen) atoms. The van der Waals surface area contributed by atoms with Crippen LogP contribution in [0, 0.1) is 0 Å². The van der Waals surface area contributed by atoms with E-state index in [0.717, 1.165) is 21.4 Å². The van der Waals surface area contributed by atoms with Crippen LogP contribution in [0.15, 0.2) is 42.5 Å². The maximum absolute atomic E-state index is 12.3. The summed E-state index contributed by atoms with van der Waals surface area (Å²) in [5, 5.41) is 3.40. The van der Waals surface area contributed by atoms with E-state index in [0.29, 0.717) is 0 Å². The van der Waals surface area contributed by atoms with Gasteiger partial charge in [0.25, 0.3) is 5.91 Å². The lowest BCUT2D eigenvalue weighted by Gasteiger charge is -2.09. The van der Waals surface area contributed by atoms with Crippen molar-refractivity contribution in [2.24, 2.45) is 11.5 Å². The molecule has 8 nitrogen and oxygen atoms in total. The molecule has 0 atom stereocenters. The van der Waals surface area contributed by atoms with E-state index in [1.54, 1.807) is 12.1 Å². The molecule has 0 bridgehead atoms. The van der Waals surface area contributed by atoms with Gasteiger partial charge in [-0.25, -0.2) is 4.79 Å². The Kier molecular flexibility index (Phi) is 5.81. The average Bonchev–Trinajstić information content (AvgIpc) is 3.03. The predicted molar refractivity (Wildman–Crippen MR) is 109 cm³/mol. The molecule has 0 radical (unpaired) electrons. The van der Waals surface area contributed by atoms with Crippen LogP contribution in [0.4, 0.5) is 5.69 Å². The van der Waals surface area contributed by atoms with E-state index in [-0.39, 0.29) is 26.7 Å². The van der Waals surface area contributed by atoms with E-state index in [1.807, 2.05) is 12.1 Å². The summed E-state index contributed by atoms with van der Waals surface area (Å²) in [5.74, 6) is -3.02. The zero-order chi connectivity index (χ0) is 21.1. The fraction of sp³-hybridized carbons (Fsp3) is 0.0526.